The highest BCUT2D eigenvalue weighted by Gasteiger charge is 2.34. The fraction of sp³-hybridized carbons (Fsp3) is 0.588. The maximum absolute atomic E-state index is 12.6. The molecule has 1 heterocycles. The summed E-state index contributed by atoms with van der Waals surface area (Å²) in [6.07, 6.45) is 4.38. The van der Waals surface area contributed by atoms with E-state index < -0.39 is 0 Å². The number of piperidine rings is 1. The summed E-state index contributed by atoms with van der Waals surface area (Å²) in [5.41, 5.74) is 1.95. The Morgan fingerprint density at radius 2 is 1.81 bits per heavy atom. The molecule has 2 N–H and O–H groups in total. The van der Waals surface area contributed by atoms with E-state index in [-0.39, 0.29) is 5.92 Å². The molecular weight excluding hydrogens is 266 g/mol. The second-order valence-electron chi connectivity index (χ2n) is 6.17. The van der Waals surface area contributed by atoms with Crippen LogP contribution in [0.15, 0.2) is 12.1 Å². The quantitative estimate of drug-likeness (QED) is 0.912. The third-order valence-corrected chi connectivity index (χ3v) is 4.89. The molecule has 1 aliphatic carbocycles. The number of benzene rings is 1. The lowest BCUT2D eigenvalue weighted by molar-refractivity contribution is -0.664. The summed E-state index contributed by atoms with van der Waals surface area (Å²) < 4.78 is 10.7. The Morgan fingerprint density at radius 3 is 2.48 bits per heavy atom. The van der Waals surface area contributed by atoms with Gasteiger partial charge < -0.3 is 14.8 Å². The molecule has 4 nitrogen and oxygen atoms in total. The number of ketones is 1. The van der Waals surface area contributed by atoms with Gasteiger partial charge >= 0.3 is 0 Å². The van der Waals surface area contributed by atoms with Crippen LogP contribution in [0.25, 0.3) is 0 Å². The number of carbonyl (C=O) groups is 1. The summed E-state index contributed by atoms with van der Waals surface area (Å²) in [5, 5.41) is 2.37. The summed E-state index contributed by atoms with van der Waals surface area (Å²) in [5.74, 6) is 2.52. The molecule has 1 aliphatic heterocycles. The van der Waals surface area contributed by atoms with Crippen LogP contribution < -0.4 is 14.8 Å². The first-order valence-corrected chi connectivity index (χ1v) is 7.83. The lowest BCUT2D eigenvalue weighted by Gasteiger charge is -2.22. The van der Waals surface area contributed by atoms with Gasteiger partial charge in [-0.15, -0.1) is 0 Å². The van der Waals surface area contributed by atoms with Crippen LogP contribution in [0.5, 0.6) is 11.5 Å². The highest BCUT2D eigenvalue weighted by atomic mass is 16.5. The van der Waals surface area contributed by atoms with Gasteiger partial charge in [0.25, 0.3) is 0 Å². The van der Waals surface area contributed by atoms with Gasteiger partial charge in [-0.2, -0.15) is 0 Å². The lowest BCUT2D eigenvalue weighted by Crippen LogP contribution is -2.86. The number of carbonyl (C=O) groups excluding carboxylic acids is 1. The second kappa shape index (κ2) is 6.06. The molecule has 21 heavy (non-hydrogen) atoms. The number of ether oxygens (including phenoxy) is 2. The first-order valence-electron chi connectivity index (χ1n) is 7.83. The third kappa shape index (κ3) is 2.77. The zero-order valence-electron chi connectivity index (χ0n) is 12.9. The van der Waals surface area contributed by atoms with Gasteiger partial charge in [-0.25, -0.2) is 0 Å². The Bertz CT molecular complexity index is 535. The SMILES string of the molecule is COc1cc2c(cc1OC)C(=O)[C@@H](CC1CC[NH2+]CC1)C2. The van der Waals surface area contributed by atoms with Gasteiger partial charge in [0.05, 0.1) is 27.3 Å². The Kier molecular flexibility index (Phi) is 4.15. The molecule has 0 amide bonds. The maximum atomic E-state index is 12.6. The largest absolute Gasteiger partial charge is 0.493 e. The van der Waals surface area contributed by atoms with Crippen molar-refractivity contribution in [2.75, 3.05) is 27.3 Å². The van der Waals surface area contributed by atoms with Gasteiger partial charge in [0.1, 0.15) is 0 Å². The summed E-state index contributed by atoms with van der Waals surface area (Å²) in [7, 11) is 3.25. The molecule has 2 aliphatic rings. The van der Waals surface area contributed by atoms with Crippen LogP contribution in [0.4, 0.5) is 0 Å². The number of hydrogen-bond donors (Lipinski definition) is 1. The smallest absolute Gasteiger partial charge is 0.166 e. The second-order valence-corrected chi connectivity index (χ2v) is 6.17. The molecule has 1 fully saturated rings. The van der Waals surface area contributed by atoms with Crippen molar-refractivity contribution in [3.63, 3.8) is 0 Å². The summed E-state index contributed by atoms with van der Waals surface area (Å²) >= 11 is 0. The van der Waals surface area contributed by atoms with Crippen LogP contribution in [0.3, 0.4) is 0 Å². The monoisotopic (exact) mass is 290 g/mol. The zero-order chi connectivity index (χ0) is 14.8. The van der Waals surface area contributed by atoms with Crippen molar-refractivity contribution >= 4 is 5.78 Å². The van der Waals surface area contributed by atoms with Gasteiger partial charge in [0.15, 0.2) is 17.3 Å². The fourth-order valence-electron chi connectivity index (χ4n) is 3.72. The number of hydrogen-bond acceptors (Lipinski definition) is 3. The van der Waals surface area contributed by atoms with Gasteiger partial charge in [-0.05, 0) is 49.3 Å². The van der Waals surface area contributed by atoms with Crippen molar-refractivity contribution in [1.29, 1.82) is 0 Å². The minimum atomic E-state index is 0.153. The molecule has 0 bridgehead atoms. The van der Waals surface area contributed by atoms with Crippen molar-refractivity contribution in [1.82, 2.24) is 0 Å². The molecule has 1 saturated heterocycles. The Labute approximate surface area is 125 Å². The molecular formula is C17H24NO3+. The molecule has 114 valence electrons. The van der Waals surface area contributed by atoms with E-state index in [1.165, 1.54) is 25.9 Å². The number of nitrogens with two attached hydrogens (primary N) is 1. The summed E-state index contributed by atoms with van der Waals surface area (Å²) in [4.78, 5) is 12.6. The average Bonchev–Trinajstić information content (AvgIpc) is 2.82. The minimum Gasteiger partial charge on any atom is -0.493 e. The highest BCUT2D eigenvalue weighted by molar-refractivity contribution is 6.02. The molecule has 0 radical (unpaired) electrons. The standard InChI is InChI=1S/C17H23NO3/c1-20-15-9-12-8-13(7-11-3-5-18-6-4-11)17(19)14(12)10-16(15)21-2/h9-11,13,18H,3-8H2,1-2H3/p+1/t13-/m0/s1. The predicted octanol–water partition coefficient (Wildman–Crippen LogP) is 1.42. The van der Waals surface area contributed by atoms with Crippen molar-refractivity contribution < 1.29 is 19.6 Å². The van der Waals surface area contributed by atoms with Gasteiger partial charge in [0.2, 0.25) is 0 Å². The van der Waals surface area contributed by atoms with Gasteiger partial charge in [-0.1, -0.05) is 0 Å². The average molecular weight is 290 g/mol. The van der Waals surface area contributed by atoms with E-state index in [9.17, 15) is 4.79 Å². The van der Waals surface area contributed by atoms with E-state index in [2.05, 4.69) is 5.32 Å². The Morgan fingerprint density at radius 1 is 1.14 bits per heavy atom. The van der Waals surface area contributed by atoms with Gasteiger partial charge in [0, 0.05) is 11.5 Å². The van der Waals surface area contributed by atoms with E-state index in [4.69, 9.17) is 9.47 Å². The maximum Gasteiger partial charge on any atom is 0.166 e. The number of Topliss-reactive ketones (excluding diaryl/α,β-unsaturated/α-hetero) is 1. The number of quaternary nitrogens is 1. The zero-order valence-corrected chi connectivity index (χ0v) is 12.9. The summed E-state index contributed by atoms with van der Waals surface area (Å²) in [6.45, 7) is 2.42. The highest BCUT2D eigenvalue weighted by Crippen LogP contribution is 2.39. The number of methoxy groups -OCH3 is 2. The number of fused-ring (bicyclic) bond motifs is 1. The fourth-order valence-corrected chi connectivity index (χ4v) is 3.72. The Balaban J connectivity index is 1.78. The normalized spacial score (nSPS) is 22.2. The van der Waals surface area contributed by atoms with E-state index >= 15 is 0 Å². The molecule has 1 aromatic rings. The predicted molar refractivity (Wildman–Crippen MR) is 80.1 cm³/mol. The molecule has 4 heteroatoms. The summed E-state index contributed by atoms with van der Waals surface area (Å²) in [6, 6.07) is 3.83. The van der Waals surface area contributed by atoms with Crippen molar-refractivity contribution in [2.45, 2.75) is 25.7 Å². The molecule has 0 spiro atoms. The van der Waals surface area contributed by atoms with Crippen molar-refractivity contribution in [3.05, 3.63) is 23.3 Å². The molecule has 0 saturated carbocycles. The lowest BCUT2D eigenvalue weighted by atomic mass is 9.86. The number of rotatable bonds is 4. The van der Waals surface area contributed by atoms with Gasteiger partial charge in [-0.3, -0.25) is 4.79 Å². The van der Waals surface area contributed by atoms with E-state index in [1.807, 2.05) is 12.1 Å². The van der Waals surface area contributed by atoms with Crippen LogP contribution >= 0.6 is 0 Å². The minimum absolute atomic E-state index is 0.153. The van der Waals surface area contributed by atoms with Crippen molar-refractivity contribution in [3.8, 4) is 11.5 Å². The Hall–Kier alpha value is -1.55. The van der Waals surface area contributed by atoms with Crippen LogP contribution in [0, 0.1) is 11.8 Å². The van der Waals surface area contributed by atoms with Crippen LogP contribution in [-0.4, -0.2) is 33.1 Å². The topological polar surface area (TPSA) is 52.1 Å². The van der Waals surface area contributed by atoms with Crippen LogP contribution in [0.2, 0.25) is 0 Å². The first-order chi connectivity index (χ1) is 10.2. The van der Waals surface area contributed by atoms with E-state index in [1.54, 1.807) is 14.2 Å². The first kappa shape index (κ1) is 14.4. The molecule has 0 aromatic heterocycles. The molecule has 1 atom stereocenters. The molecule has 3 rings (SSSR count). The van der Waals surface area contributed by atoms with Crippen LogP contribution in [0.1, 0.15) is 35.2 Å². The van der Waals surface area contributed by atoms with Crippen molar-refractivity contribution in [2.24, 2.45) is 11.8 Å². The third-order valence-electron chi connectivity index (χ3n) is 4.89. The molecule has 0 unspecified atom stereocenters. The van der Waals surface area contributed by atoms with E-state index in [0.717, 1.165) is 29.7 Å². The van der Waals surface area contributed by atoms with E-state index in [0.29, 0.717) is 17.5 Å². The van der Waals surface area contributed by atoms with Crippen LogP contribution in [-0.2, 0) is 6.42 Å². The molecule has 1 aromatic carbocycles.